The highest BCUT2D eigenvalue weighted by Gasteiger charge is 2.34. The molecule has 1 atom stereocenters. The van der Waals surface area contributed by atoms with Crippen molar-refractivity contribution in [3.63, 3.8) is 0 Å². The molecule has 41 heavy (non-hydrogen) atoms. The third-order valence-corrected chi connectivity index (χ3v) is 8.00. The molecule has 0 spiro atoms. The van der Waals surface area contributed by atoms with Gasteiger partial charge >= 0.3 is 5.97 Å². The molecular formula is C30H33IN2O7S. The molecule has 0 unspecified atom stereocenters. The Labute approximate surface area is 256 Å². The lowest BCUT2D eigenvalue weighted by Gasteiger charge is -2.25. The largest absolute Gasteiger partial charge is 0.493 e. The Kier molecular flexibility index (Phi) is 9.80. The molecule has 0 saturated heterocycles. The van der Waals surface area contributed by atoms with Crippen molar-refractivity contribution in [3.8, 4) is 23.0 Å². The third kappa shape index (κ3) is 6.30. The quantitative estimate of drug-likeness (QED) is 0.226. The lowest BCUT2D eigenvalue weighted by atomic mass is 9.95. The summed E-state index contributed by atoms with van der Waals surface area (Å²) in [5.41, 5.74) is 1.95. The van der Waals surface area contributed by atoms with E-state index in [1.807, 2.05) is 39.0 Å². The molecule has 0 amide bonds. The number of benzene rings is 2. The van der Waals surface area contributed by atoms with Crippen LogP contribution >= 0.6 is 33.9 Å². The Balaban J connectivity index is 1.94. The van der Waals surface area contributed by atoms with Gasteiger partial charge in [-0.15, -0.1) is 0 Å². The summed E-state index contributed by atoms with van der Waals surface area (Å²) >= 11 is 3.44. The van der Waals surface area contributed by atoms with Crippen molar-refractivity contribution in [2.75, 3.05) is 27.4 Å². The lowest BCUT2D eigenvalue weighted by Crippen LogP contribution is -2.40. The van der Waals surface area contributed by atoms with Crippen LogP contribution in [0.3, 0.4) is 0 Å². The number of rotatable bonds is 10. The summed E-state index contributed by atoms with van der Waals surface area (Å²) in [6.07, 6.45) is 1.74. The van der Waals surface area contributed by atoms with Gasteiger partial charge in [0.05, 0.1) is 59.0 Å². The Bertz CT molecular complexity index is 1670. The maximum absolute atomic E-state index is 14.0. The van der Waals surface area contributed by atoms with Crippen LogP contribution in [0.1, 0.15) is 51.8 Å². The van der Waals surface area contributed by atoms with E-state index >= 15 is 0 Å². The predicted molar refractivity (Wildman–Crippen MR) is 166 cm³/mol. The summed E-state index contributed by atoms with van der Waals surface area (Å²) in [6, 6.07) is 8.40. The number of fused-ring (bicyclic) bond motifs is 1. The zero-order chi connectivity index (χ0) is 29.8. The second-order valence-corrected chi connectivity index (χ2v) is 11.5. The summed E-state index contributed by atoms with van der Waals surface area (Å²) in [5.74, 6) is 1.76. The summed E-state index contributed by atoms with van der Waals surface area (Å²) in [6.45, 7) is 9.91. The molecule has 1 aliphatic heterocycles. The average Bonchev–Trinajstić information content (AvgIpc) is 3.22. The van der Waals surface area contributed by atoms with Crippen LogP contribution in [-0.2, 0) is 9.53 Å². The van der Waals surface area contributed by atoms with Crippen molar-refractivity contribution < 1.29 is 28.5 Å². The predicted octanol–water partition coefficient (Wildman–Crippen LogP) is 4.61. The number of thiazole rings is 1. The number of ether oxygens (including phenoxy) is 5. The van der Waals surface area contributed by atoms with Crippen molar-refractivity contribution >= 4 is 46.0 Å². The molecule has 0 N–H and O–H groups in total. The van der Waals surface area contributed by atoms with E-state index in [0.29, 0.717) is 55.8 Å². The molecule has 9 nitrogen and oxygen atoms in total. The molecule has 0 bridgehead atoms. The smallest absolute Gasteiger partial charge is 0.338 e. The van der Waals surface area contributed by atoms with Gasteiger partial charge in [-0.25, -0.2) is 9.79 Å². The normalized spacial score (nSPS) is 15.0. The van der Waals surface area contributed by atoms with Crippen molar-refractivity contribution in [2.24, 2.45) is 4.99 Å². The number of hydrogen-bond acceptors (Lipinski definition) is 9. The third-order valence-electron chi connectivity index (χ3n) is 6.22. The highest BCUT2D eigenvalue weighted by Crippen LogP contribution is 2.37. The van der Waals surface area contributed by atoms with Crippen LogP contribution in [0.4, 0.5) is 0 Å². The van der Waals surface area contributed by atoms with E-state index in [0.717, 1.165) is 9.13 Å². The standard InChI is InChI=1S/C30H33IN2O7S/c1-8-38-23-13-18(12-20(31)27(23)37-7)14-24-28(34)33-26(19-10-11-21(40-16(3)4)22(15-19)36-6)25(29(35)39-9-2)17(5)32-30(33)41-24/h10-16,26H,8-9H2,1-7H3/b24-14+/t26-/m0/s1. The molecule has 0 fully saturated rings. The van der Waals surface area contributed by atoms with E-state index in [9.17, 15) is 9.59 Å². The van der Waals surface area contributed by atoms with Crippen LogP contribution in [0.25, 0.3) is 6.08 Å². The first-order valence-corrected chi connectivity index (χ1v) is 15.1. The van der Waals surface area contributed by atoms with Crippen molar-refractivity contribution in [2.45, 2.75) is 46.8 Å². The molecule has 1 aliphatic rings. The molecule has 1 aromatic heterocycles. The maximum atomic E-state index is 14.0. The van der Waals surface area contributed by atoms with E-state index in [2.05, 4.69) is 27.6 Å². The zero-order valence-corrected chi connectivity index (χ0v) is 27.0. The van der Waals surface area contributed by atoms with Gasteiger partial charge in [-0.05, 0) is 98.7 Å². The molecule has 11 heteroatoms. The first-order valence-electron chi connectivity index (χ1n) is 13.2. The summed E-state index contributed by atoms with van der Waals surface area (Å²) in [4.78, 5) is 32.4. The van der Waals surface area contributed by atoms with Gasteiger partial charge in [0.15, 0.2) is 27.8 Å². The van der Waals surface area contributed by atoms with Gasteiger partial charge in [-0.1, -0.05) is 17.4 Å². The molecule has 2 heterocycles. The van der Waals surface area contributed by atoms with Gasteiger partial charge in [0.2, 0.25) is 0 Å². The number of aromatic nitrogens is 1. The van der Waals surface area contributed by atoms with Crippen molar-refractivity contribution in [1.29, 1.82) is 0 Å². The monoisotopic (exact) mass is 692 g/mol. The Hall–Kier alpha value is -3.32. The first-order chi connectivity index (χ1) is 19.6. The number of carbonyl (C=O) groups is 1. The number of methoxy groups -OCH3 is 2. The van der Waals surface area contributed by atoms with Crippen LogP contribution < -0.4 is 33.8 Å². The number of allylic oxidation sites excluding steroid dienone is 1. The zero-order valence-electron chi connectivity index (χ0n) is 24.1. The molecule has 2 aromatic carbocycles. The molecule has 0 aliphatic carbocycles. The van der Waals surface area contributed by atoms with Gasteiger partial charge in [0.1, 0.15) is 0 Å². The van der Waals surface area contributed by atoms with E-state index < -0.39 is 12.0 Å². The van der Waals surface area contributed by atoms with Crippen LogP contribution in [0.5, 0.6) is 23.0 Å². The highest BCUT2D eigenvalue weighted by atomic mass is 127. The van der Waals surface area contributed by atoms with Gasteiger partial charge in [-0.2, -0.15) is 0 Å². The second-order valence-electron chi connectivity index (χ2n) is 9.35. The summed E-state index contributed by atoms with van der Waals surface area (Å²) in [7, 11) is 3.15. The minimum absolute atomic E-state index is 0.0612. The average molecular weight is 693 g/mol. The number of carbonyl (C=O) groups excluding carboxylic acids is 1. The Morgan fingerprint density at radius 3 is 2.49 bits per heavy atom. The molecule has 0 radical (unpaired) electrons. The fourth-order valence-corrected chi connectivity index (χ4v) is 6.49. The summed E-state index contributed by atoms with van der Waals surface area (Å²) < 4.78 is 31.1. The van der Waals surface area contributed by atoms with Crippen molar-refractivity contribution in [3.05, 3.63) is 76.0 Å². The molecule has 4 rings (SSSR count). The van der Waals surface area contributed by atoms with Crippen LogP contribution in [0.2, 0.25) is 0 Å². The van der Waals surface area contributed by atoms with Gasteiger partial charge in [0.25, 0.3) is 5.56 Å². The number of nitrogens with zero attached hydrogens (tertiary/aromatic N) is 2. The van der Waals surface area contributed by atoms with Crippen LogP contribution in [0, 0.1) is 3.57 Å². The van der Waals surface area contributed by atoms with Gasteiger partial charge in [0, 0.05) is 0 Å². The maximum Gasteiger partial charge on any atom is 0.338 e. The van der Waals surface area contributed by atoms with Crippen LogP contribution in [0.15, 0.2) is 51.4 Å². The van der Waals surface area contributed by atoms with E-state index in [4.69, 9.17) is 23.7 Å². The Morgan fingerprint density at radius 1 is 1.10 bits per heavy atom. The van der Waals surface area contributed by atoms with Gasteiger partial charge < -0.3 is 23.7 Å². The molecule has 0 saturated carbocycles. The minimum atomic E-state index is -0.774. The SMILES string of the molecule is CCOC(=O)C1=C(C)N=c2s/c(=C/c3cc(I)c(OC)c(OCC)c3)c(=O)n2[C@H]1c1ccc(OC(C)C)c(OC)c1. The fourth-order valence-electron chi connectivity index (χ4n) is 4.60. The van der Waals surface area contributed by atoms with Crippen LogP contribution in [-0.4, -0.2) is 44.1 Å². The molecule has 3 aromatic rings. The van der Waals surface area contributed by atoms with Gasteiger partial charge in [-0.3, -0.25) is 9.36 Å². The Morgan fingerprint density at radius 2 is 1.85 bits per heavy atom. The van der Waals surface area contributed by atoms with Crippen molar-refractivity contribution in [1.82, 2.24) is 4.57 Å². The molecular weight excluding hydrogens is 659 g/mol. The number of esters is 1. The highest BCUT2D eigenvalue weighted by molar-refractivity contribution is 14.1. The number of halogens is 1. The second kappa shape index (κ2) is 13.1. The number of hydrogen-bond donors (Lipinski definition) is 0. The fraction of sp³-hybridized carbons (Fsp3) is 0.367. The topological polar surface area (TPSA) is 97.6 Å². The van der Waals surface area contributed by atoms with E-state index in [1.165, 1.54) is 11.3 Å². The van der Waals surface area contributed by atoms with E-state index in [-0.39, 0.29) is 18.3 Å². The first kappa shape index (κ1) is 30.6. The summed E-state index contributed by atoms with van der Waals surface area (Å²) in [5, 5.41) is 0. The lowest BCUT2D eigenvalue weighted by molar-refractivity contribution is -0.139. The minimum Gasteiger partial charge on any atom is -0.493 e. The van der Waals surface area contributed by atoms with E-state index in [1.54, 1.807) is 50.8 Å². The molecule has 218 valence electrons.